The first-order chi connectivity index (χ1) is 13.1. The van der Waals surface area contributed by atoms with E-state index in [-0.39, 0.29) is 5.91 Å². The van der Waals surface area contributed by atoms with Crippen molar-refractivity contribution in [1.29, 1.82) is 5.26 Å². The minimum absolute atomic E-state index is 0.00127. The Balaban J connectivity index is 1.80. The summed E-state index contributed by atoms with van der Waals surface area (Å²) in [6, 6.07) is 18.2. The highest BCUT2D eigenvalue weighted by Crippen LogP contribution is 2.24. The molecule has 1 amide bonds. The second kappa shape index (κ2) is 8.83. The van der Waals surface area contributed by atoms with Crippen LogP contribution >= 0.6 is 0 Å². The molecular formula is C23H28N3O+. The fraction of sp³-hybridized carbons (Fsp3) is 0.391. The summed E-state index contributed by atoms with van der Waals surface area (Å²) in [4.78, 5) is 13.0. The van der Waals surface area contributed by atoms with Crippen molar-refractivity contribution < 1.29 is 9.28 Å². The number of nitriles is 1. The quantitative estimate of drug-likeness (QED) is 0.802. The summed E-state index contributed by atoms with van der Waals surface area (Å²) in [6.45, 7) is 5.32. The van der Waals surface area contributed by atoms with Gasteiger partial charge in [0.1, 0.15) is 12.6 Å². The first-order valence-electron chi connectivity index (χ1n) is 9.80. The van der Waals surface area contributed by atoms with Gasteiger partial charge in [-0.25, -0.2) is 0 Å². The molecule has 1 heterocycles. The highest BCUT2D eigenvalue weighted by atomic mass is 16.2. The maximum absolute atomic E-state index is 13.0. The fourth-order valence-corrected chi connectivity index (χ4v) is 4.11. The van der Waals surface area contributed by atoms with Gasteiger partial charge in [0, 0.05) is 5.56 Å². The lowest BCUT2D eigenvalue weighted by molar-refractivity contribution is -0.932. The lowest BCUT2D eigenvalue weighted by Gasteiger charge is -2.37. The van der Waals surface area contributed by atoms with E-state index in [4.69, 9.17) is 0 Å². The van der Waals surface area contributed by atoms with Crippen LogP contribution in [0.4, 0.5) is 5.69 Å². The zero-order valence-corrected chi connectivity index (χ0v) is 16.1. The van der Waals surface area contributed by atoms with Crippen molar-refractivity contribution in [2.75, 3.05) is 25.0 Å². The third-order valence-electron chi connectivity index (χ3n) is 5.51. The van der Waals surface area contributed by atoms with Gasteiger partial charge in [0.25, 0.3) is 5.91 Å². The number of nitrogens with zero attached hydrogens (tertiary/aromatic N) is 2. The molecule has 0 unspecified atom stereocenters. The number of likely N-dealkylation sites (tertiary alicyclic amines) is 1. The highest BCUT2D eigenvalue weighted by Gasteiger charge is 2.32. The molecule has 0 bridgehead atoms. The normalized spacial score (nSPS) is 16.1. The van der Waals surface area contributed by atoms with E-state index in [0.717, 1.165) is 42.5 Å². The molecule has 1 fully saturated rings. The van der Waals surface area contributed by atoms with E-state index < -0.39 is 0 Å². The summed E-state index contributed by atoms with van der Waals surface area (Å²) in [5, 5.41) is 12.4. The second-order valence-corrected chi connectivity index (χ2v) is 7.66. The Morgan fingerprint density at radius 2 is 1.74 bits per heavy atom. The molecule has 1 aliphatic rings. The molecule has 2 aromatic rings. The SMILES string of the molecule is Cc1cccc(C#N)c1NC(=O)C[N+]1(Cc2ccccc2)CCCCCC1. The van der Waals surface area contributed by atoms with Gasteiger partial charge in [-0.1, -0.05) is 42.5 Å². The number of amides is 1. The topological polar surface area (TPSA) is 52.9 Å². The maximum Gasteiger partial charge on any atom is 0.279 e. The Kier molecular flexibility index (Phi) is 6.26. The van der Waals surface area contributed by atoms with Crippen LogP contribution in [0.2, 0.25) is 0 Å². The van der Waals surface area contributed by atoms with Gasteiger partial charge in [-0.3, -0.25) is 4.79 Å². The van der Waals surface area contributed by atoms with Crippen LogP contribution in [0.5, 0.6) is 0 Å². The van der Waals surface area contributed by atoms with Gasteiger partial charge in [0.2, 0.25) is 0 Å². The maximum atomic E-state index is 13.0. The van der Waals surface area contributed by atoms with E-state index in [1.807, 2.05) is 25.1 Å². The number of para-hydroxylation sites is 1. The summed E-state index contributed by atoms with van der Waals surface area (Å²) < 4.78 is 0.795. The number of aryl methyl sites for hydroxylation is 1. The van der Waals surface area contributed by atoms with Crippen LogP contribution in [0, 0.1) is 18.3 Å². The van der Waals surface area contributed by atoms with Gasteiger partial charge in [-0.2, -0.15) is 5.26 Å². The van der Waals surface area contributed by atoms with E-state index in [9.17, 15) is 10.1 Å². The predicted octanol–water partition coefficient (Wildman–Crippen LogP) is 4.40. The van der Waals surface area contributed by atoms with Gasteiger partial charge in [-0.05, 0) is 44.2 Å². The van der Waals surface area contributed by atoms with E-state index in [2.05, 4.69) is 35.7 Å². The van der Waals surface area contributed by atoms with Gasteiger partial charge in [0.05, 0.1) is 24.3 Å². The van der Waals surface area contributed by atoms with E-state index >= 15 is 0 Å². The molecule has 0 atom stereocenters. The molecular weight excluding hydrogens is 334 g/mol. The molecule has 2 aromatic carbocycles. The smallest absolute Gasteiger partial charge is 0.279 e. The molecule has 4 heteroatoms. The summed E-state index contributed by atoms with van der Waals surface area (Å²) >= 11 is 0. The molecule has 0 aliphatic carbocycles. The van der Waals surface area contributed by atoms with Gasteiger partial charge in [0.15, 0.2) is 6.54 Å². The van der Waals surface area contributed by atoms with E-state index in [1.54, 1.807) is 6.07 Å². The first kappa shape index (κ1) is 19.1. The zero-order valence-electron chi connectivity index (χ0n) is 16.1. The minimum atomic E-state index is -0.00127. The molecule has 0 radical (unpaired) electrons. The molecule has 1 N–H and O–H groups in total. The van der Waals surface area contributed by atoms with E-state index in [1.165, 1.54) is 18.4 Å². The van der Waals surface area contributed by atoms with Crippen molar-refractivity contribution in [3.63, 3.8) is 0 Å². The molecule has 0 spiro atoms. The van der Waals surface area contributed by atoms with E-state index in [0.29, 0.717) is 17.8 Å². The lowest BCUT2D eigenvalue weighted by atomic mass is 10.1. The summed E-state index contributed by atoms with van der Waals surface area (Å²) in [5.74, 6) is -0.00127. The Bertz CT molecular complexity index is 815. The lowest BCUT2D eigenvalue weighted by Crippen LogP contribution is -2.52. The first-order valence-corrected chi connectivity index (χ1v) is 9.80. The van der Waals surface area contributed by atoms with Crippen LogP contribution in [0.25, 0.3) is 0 Å². The number of anilines is 1. The number of hydrogen-bond acceptors (Lipinski definition) is 2. The van der Waals surface area contributed by atoms with Crippen LogP contribution in [-0.2, 0) is 11.3 Å². The molecule has 0 aromatic heterocycles. The number of hydrogen-bond donors (Lipinski definition) is 1. The number of nitrogens with one attached hydrogen (secondary N) is 1. The largest absolute Gasteiger partial charge is 0.320 e. The number of carbonyl (C=O) groups excluding carboxylic acids is 1. The Labute approximate surface area is 162 Å². The molecule has 27 heavy (non-hydrogen) atoms. The summed E-state index contributed by atoms with van der Waals surface area (Å²) in [7, 11) is 0. The van der Waals surface area contributed by atoms with Crippen LogP contribution in [-0.4, -0.2) is 30.0 Å². The number of benzene rings is 2. The molecule has 0 saturated carbocycles. The minimum Gasteiger partial charge on any atom is -0.320 e. The van der Waals surface area contributed by atoms with Crippen molar-refractivity contribution in [3.05, 3.63) is 65.2 Å². The average molecular weight is 362 g/mol. The van der Waals surface area contributed by atoms with Crippen molar-refractivity contribution in [1.82, 2.24) is 0 Å². The van der Waals surface area contributed by atoms with Crippen LogP contribution in [0.15, 0.2) is 48.5 Å². The Morgan fingerprint density at radius 1 is 1.04 bits per heavy atom. The third-order valence-corrected chi connectivity index (χ3v) is 5.51. The third kappa shape index (κ3) is 4.96. The predicted molar refractivity (Wildman–Crippen MR) is 108 cm³/mol. The molecule has 140 valence electrons. The molecule has 1 saturated heterocycles. The molecule has 4 nitrogen and oxygen atoms in total. The van der Waals surface area contributed by atoms with Crippen molar-refractivity contribution in [2.45, 2.75) is 39.2 Å². The molecule has 1 aliphatic heterocycles. The average Bonchev–Trinajstić information content (AvgIpc) is 2.89. The van der Waals surface area contributed by atoms with Crippen LogP contribution in [0.1, 0.15) is 42.4 Å². The van der Waals surface area contributed by atoms with Crippen LogP contribution < -0.4 is 5.32 Å². The number of quaternary nitrogens is 1. The summed E-state index contributed by atoms with van der Waals surface area (Å²) in [6.07, 6.45) is 4.81. The van der Waals surface area contributed by atoms with Gasteiger partial charge in [-0.15, -0.1) is 0 Å². The monoisotopic (exact) mass is 362 g/mol. The molecule has 3 rings (SSSR count). The number of carbonyl (C=O) groups is 1. The van der Waals surface area contributed by atoms with Crippen molar-refractivity contribution in [3.8, 4) is 6.07 Å². The Morgan fingerprint density at radius 3 is 2.41 bits per heavy atom. The fourth-order valence-electron chi connectivity index (χ4n) is 4.11. The zero-order chi connectivity index (χ0) is 19.1. The standard InChI is InChI=1S/C23H27N3O/c1-19-10-9-13-21(16-24)23(19)25-22(27)18-26(14-7-2-3-8-15-26)17-20-11-5-4-6-12-20/h4-6,9-13H,2-3,7-8,14-15,17-18H2,1H3/p+1. The second-order valence-electron chi connectivity index (χ2n) is 7.66. The van der Waals surface area contributed by atoms with Gasteiger partial charge >= 0.3 is 0 Å². The Hall–Kier alpha value is -2.64. The van der Waals surface area contributed by atoms with Crippen molar-refractivity contribution >= 4 is 11.6 Å². The number of rotatable bonds is 5. The highest BCUT2D eigenvalue weighted by molar-refractivity contribution is 5.93. The summed E-state index contributed by atoms with van der Waals surface area (Å²) in [5.41, 5.74) is 3.38. The van der Waals surface area contributed by atoms with Crippen LogP contribution in [0.3, 0.4) is 0 Å². The van der Waals surface area contributed by atoms with Crippen molar-refractivity contribution in [2.24, 2.45) is 0 Å². The van der Waals surface area contributed by atoms with Gasteiger partial charge < -0.3 is 9.80 Å².